The molecule has 0 spiro atoms. The summed E-state index contributed by atoms with van der Waals surface area (Å²) in [7, 11) is -0.610. The van der Waals surface area contributed by atoms with Crippen LogP contribution in [-0.2, 0) is 4.43 Å². The van der Waals surface area contributed by atoms with Crippen molar-refractivity contribution in [3.63, 3.8) is 0 Å². The molecule has 0 aliphatic carbocycles. The smallest absolute Gasteiger partial charge is 0.407 e. The third-order valence-electron chi connectivity index (χ3n) is 6.76. The van der Waals surface area contributed by atoms with Crippen LogP contribution in [0.15, 0.2) is 30.5 Å². The van der Waals surface area contributed by atoms with E-state index in [0.29, 0.717) is 16.4 Å². The molecule has 0 saturated carbocycles. The topological polar surface area (TPSA) is 101 Å². The van der Waals surface area contributed by atoms with Crippen molar-refractivity contribution in [1.29, 1.82) is 0 Å². The summed E-state index contributed by atoms with van der Waals surface area (Å²) in [5.41, 5.74) is 3.23. The Bertz CT molecular complexity index is 1220. The van der Waals surface area contributed by atoms with Crippen molar-refractivity contribution in [3.05, 3.63) is 41.0 Å². The highest BCUT2D eigenvalue weighted by atomic mass is 35.5. The summed E-state index contributed by atoms with van der Waals surface area (Å²) in [6.45, 7) is 15.4. The molecule has 10 heteroatoms. The van der Waals surface area contributed by atoms with Gasteiger partial charge in [-0.25, -0.2) is 9.78 Å². The van der Waals surface area contributed by atoms with Gasteiger partial charge in [0.1, 0.15) is 12.4 Å². The van der Waals surface area contributed by atoms with E-state index >= 15 is 0 Å². The maximum absolute atomic E-state index is 11.5. The van der Waals surface area contributed by atoms with E-state index in [-0.39, 0.29) is 24.1 Å². The SMILES string of the molecule is CC(C)c1c(-c2cccc(OCC(CN(C)C(=O)O)O[Si](C)(C)C(C)(C)C)c2)nc2[nH]ncc2c1Cl. The summed E-state index contributed by atoms with van der Waals surface area (Å²) >= 11 is 6.75. The van der Waals surface area contributed by atoms with E-state index in [1.807, 2.05) is 24.3 Å². The van der Waals surface area contributed by atoms with Gasteiger partial charge in [0.2, 0.25) is 0 Å². The number of amides is 1. The molecule has 1 atom stereocenters. The van der Waals surface area contributed by atoms with E-state index in [2.05, 4.69) is 57.9 Å². The highest BCUT2D eigenvalue weighted by Gasteiger charge is 2.39. The first-order chi connectivity index (χ1) is 16.7. The standard InChI is InChI=1S/C26H37ClN4O4Si/c1-16(2)21-22(27)20-13-28-30-24(20)29-23(21)17-10-9-11-18(12-17)34-15-19(14-31(6)25(32)33)35-36(7,8)26(3,4)5/h9-13,16,19H,14-15H2,1-8H3,(H,32,33)(H,28,29,30). The van der Waals surface area contributed by atoms with Crippen LogP contribution in [0, 0.1) is 0 Å². The first kappa shape index (κ1) is 28.0. The number of hydrogen-bond acceptors (Lipinski definition) is 5. The summed E-state index contributed by atoms with van der Waals surface area (Å²) in [5.74, 6) is 0.796. The van der Waals surface area contributed by atoms with Crippen molar-refractivity contribution in [2.24, 2.45) is 0 Å². The summed E-state index contributed by atoms with van der Waals surface area (Å²) < 4.78 is 12.7. The van der Waals surface area contributed by atoms with Crippen molar-refractivity contribution in [2.75, 3.05) is 20.2 Å². The van der Waals surface area contributed by atoms with E-state index in [1.54, 1.807) is 13.2 Å². The number of likely N-dealkylation sites (N-methyl/N-ethyl adjacent to an activating group) is 1. The van der Waals surface area contributed by atoms with E-state index < -0.39 is 20.5 Å². The normalized spacial score (nSPS) is 13.3. The molecule has 3 aromatic rings. The van der Waals surface area contributed by atoms with Gasteiger partial charge in [0, 0.05) is 18.2 Å². The molecule has 2 N–H and O–H groups in total. The average molecular weight is 533 g/mol. The van der Waals surface area contributed by atoms with Crippen LogP contribution in [0.25, 0.3) is 22.3 Å². The molecule has 2 heterocycles. The number of aromatic amines is 1. The number of halogens is 1. The number of hydrogen-bond donors (Lipinski definition) is 2. The Morgan fingerprint density at radius 3 is 2.58 bits per heavy atom. The van der Waals surface area contributed by atoms with Crippen molar-refractivity contribution in [3.8, 4) is 17.0 Å². The van der Waals surface area contributed by atoms with Crippen molar-refractivity contribution < 1.29 is 19.1 Å². The van der Waals surface area contributed by atoms with Gasteiger partial charge in [-0.15, -0.1) is 0 Å². The van der Waals surface area contributed by atoms with E-state index in [0.717, 1.165) is 22.2 Å². The third-order valence-corrected chi connectivity index (χ3v) is 11.7. The summed E-state index contributed by atoms with van der Waals surface area (Å²) in [5, 5.41) is 17.8. The zero-order valence-electron chi connectivity index (χ0n) is 22.3. The molecule has 1 amide bonds. The van der Waals surface area contributed by atoms with E-state index in [1.165, 1.54) is 4.90 Å². The number of benzene rings is 1. The second-order valence-electron chi connectivity index (χ2n) is 11.0. The Kier molecular flexibility index (Phi) is 8.37. The molecule has 2 aromatic heterocycles. The molecule has 0 aliphatic heterocycles. The molecule has 36 heavy (non-hydrogen) atoms. The summed E-state index contributed by atoms with van der Waals surface area (Å²) in [6, 6.07) is 7.69. The lowest BCUT2D eigenvalue weighted by Gasteiger charge is -2.39. The van der Waals surface area contributed by atoms with Crippen molar-refractivity contribution in [2.45, 2.75) is 64.8 Å². The zero-order valence-corrected chi connectivity index (χ0v) is 24.1. The maximum atomic E-state index is 11.5. The minimum atomic E-state index is -2.15. The second kappa shape index (κ2) is 10.8. The van der Waals surface area contributed by atoms with Gasteiger partial charge in [-0.1, -0.05) is 58.4 Å². The minimum absolute atomic E-state index is 0.0174. The molecule has 196 valence electrons. The molecule has 0 aliphatic rings. The van der Waals surface area contributed by atoms with Gasteiger partial charge in [-0.3, -0.25) is 5.10 Å². The fourth-order valence-corrected chi connectivity index (χ4v) is 5.49. The van der Waals surface area contributed by atoms with Crippen molar-refractivity contribution in [1.82, 2.24) is 20.1 Å². The van der Waals surface area contributed by atoms with Crippen LogP contribution in [-0.4, -0.2) is 65.9 Å². The quantitative estimate of drug-likeness (QED) is 0.294. The minimum Gasteiger partial charge on any atom is -0.491 e. The van der Waals surface area contributed by atoms with Crippen LogP contribution in [0.5, 0.6) is 5.75 Å². The fraction of sp³-hybridized carbons (Fsp3) is 0.500. The lowest BCUT2D eigenvalue weighted by atomic mass is 9.96. The fourth-order valence-electron chi connectivity index (χ4n) is 3.72. The molecule has 1 aromatic carbocycles. The van der Waals surface area contributed by atoms with Crippen LogP contribution >= 0.6 is 11.6 Å². The number of pyridine rings is 1. The first-order valence-corrected chi connectivity index (χ1v) is 15.4. The van der Waals surface area contributed by atoms with Crippen LogP contribution in [0.4, 0.5) is 4.79 Å². The Labute approximate surface area is 219 Å². The molecule has 0 saturated heterocycles. The Balaban J connectivity index is 1.89. The van der Waals surface area contributed by atoms with Crippen LogP contribution < -0.4 is 4.74 Å². The molecular weight excluding hydrogens is 496 g/mol. The number of rotatable bonds is 9. The molecule has 8 nitrogen and oxygen atoms in total. The van der Waals surface area contributed by atoms with Crippen molar-refractivity contribution >= 4 is 37.0 Å². The van der Waals surface area contributed by atoms with Crippen LogP contribution in [0.3, 0.4) is 0 Å². The summed E-state index contributed by atoms with van der Waals surface area (Å²) in [4.78, 5) is 17.5. The van der Waals surface area contributed by atoms with Gasteiger partial charge in [0.25, 0.3) is 0 Å². The largest absolute Gasteiger partial charge is 0.491 e. The summed E-state index contributed by atoms with van der Waals surface area (Å²) in [6.07, 6.45) is 0.284. The maximum Gasteiger partial charge on any atom is 0.407 e. The van der Waals surface area contributed by atoms with Crippen LogP contribution in [0.1, 0.15) is 46.1 Å². The molecule has 0 bridgehead atoms. The number of carbonyl (C=O) groups is 1. The number of nitrogens with zero attached hydrogens (tertiary/aromatic N) is 3. The molecular formula is C26H37ClN4O4Si. The second-order valence-corrected chi connectivity index (χ2v) is 16.1. The van der Waals surface area contributed by atoms with Gasteiger partial charge in [-0.2, -0.15) is 5.10 Å². The number of H-pyrrole nitrogens is 1. The van der Waals surface area contributed by atoms with Gasteiger partial charge in [0.05, 0.1) is 34.9 Å². The van der Waals surface area contributed by atoms with Crippen LogP contribution in [0.2, 0.25) is 23.2 Å². The average Bonchev–Trinajstić information content (AvgIpc) is 3.25. The van der Waals surface area contributed by atoms with E-state index in [9.17, 15) is 9.90 Å². The lowest BCUT2D eigenvalue weighted by molar-refractivity contribution is 0.0794. The lowest BCUT2D eigenvalue weighted by Crippen LogP contribution is -2.49. The number of fused-ring (bicyclic) bond motifs is 1. The van der Waals surface area contributed by atoms with Gasteiger partial charge in [0.15, 0.2) is 14.0 Å². The third kappa shape index (κ3) is 6.19. The Morgan fingerprint density at radius 2 is 1.97 bits per heavy atom. The Hall–Kier alpha value is -2.62. The predicted octanol–water partition coefficient (Wildman–Crippen LogP) is 6.78. The molecule has 0 radical (unpaired) electrons. The number of nitrogens with one attached hydrogen (secondary N) is 1. The van der Waals surface area contributed by atoms with Gasteiger partial charge in [-0.05, 0) is 36.2 Å². The number of ether oxygens (including phenoxy) is 1. The van der Waals surface area contributed by atoms with E-state index in [4.69, 9.17) is 25.7 Å². The first-order valence-electron chi connectivity index (χ1n) is 12.1. The highest BCUT2D eigenvalue weighted by Crippen LogP contribution is 2.39. The highest BCUT2D eigenvalue weighted by molar-refractivity contribution is 6.74. The zero-order chi connectivity index (χ0) is 26.8. The number of carboxylic acid groups (broad SMARTS) is 1. The van der Waals surface area contributed by atoms with Gasteiger partial charge < -0.3 is 19.2 Å². The molecule has 3 rings (SSSR count). The monoisotopic (exact) mass is 532 g/mol. The Morgan fingerprint density at radius 1 is 1.28 bits per heavy atom. The van der Waals surface area contributed by atoms with Gasteiger partial charge >= 0.3 is 6.09 Å². The molecule has 1 unspecified atom stereocenters. The molecule has 0 fully saturated rings. The predicted molar refractivity (Wildman–Crippen MR) is 147 cm³/mol. The number of aromatic nitrogens is 3.